The molecule has 1 heterocycles. The van der Waals surface area contributed by atoms with Crippen LogP contribution in [0.1, 0.15) is 28.8 Å². The Hall–Kier alpha value is -1.59. The fraction of sp³-hybridized carbons (Fsp3) is 0.500. The molecule has 1 fully saturated rings. The molecule has 1 aliphatic rings. The minimum absolute atomic E-state index is 0. The average molecular weight is 326 g/mol. The minimum atomic E-state index is -0.126. The lowest BCUT2D eigenvalue weighted by Gasteiger charge is -2.32. The fourth-order valence-corrected chi connectivity index (χ4v) is 2.68. The summed E-state index contributed by atoms with van der Waals surface area (Å²) in [5.41, 5.74) is 7.15. The zero-order valence-corrected chi connectivity index (χ0v) is 13.7. The van der Waals surface area contributed by atoms with Crippen LogP contribution in [0.15, 0.2) is 24.3 Å². The van der Waals surface area contributed by atoms with E-state index in [1.165, 1.54) is 0 Å². The number of benzene rings is 1. The van der Waals surface area contributed by atoms with Crippen LogP contribution >= 0.6 is 12.4 Å². The molecule has 3 N–H and O–H groups in total. The molecule has 1 saturated heterocycles. The first-order valence-electron chi connectivity index (χ1n) is 7.45. The van der Waals surface area contributed by atoms with Gasteiger partial charge in [0.05, 0.1) is 5.92 Å². The molecule has 0 aliphatic carbocycles. The summed E-state index contributed by atoms with van der Waals surface area (Å²) in [6.07, 6.45) is 1.69. The van der Waals surface area contributed by atoms with E-state index in [0.717, 1.165) is 18.4 Å². The van der Waals surface area contributed by atoms with Crippen molar-refractivity contribution in [1.82, 2.24) is 10.2 Å². The first-order chi connectivity index (χ1) is 10.1. The second-order valence-corrected chi connectivity index (χ2v) is 5.54. The van der Waals surface area contributed by atoms with Gasteiger partial charge in [-0.25, -0.2) is 0 Å². The summed E-state index contributed by atoms with van der Waals surface area (Å²) >= 11 is 0. The maximum Gasteiger partial charge on any atom is 0.253 e. The molecule has 6 heteroatoms. The maximum absolute atomic E-state index is 12.5. The number of amides is 2. The van der Waals surface area contributed by atoms with Crippen LogP contribution in [-0.2, 0) is 4.79 Å². The smallest absolute Gasteiger partial charge is 0.253 e. The molecular formula is C16H24ClN3O2. The highest BCUT2D eigenvalue weighted by molar-refractivity contribution is 5.95. The van der Waals surface area contributed by atoms with E-state index >= 15 is 0 Å². The lowest BCUT2D eigenvalue weighted by molar-refractivity contribution is -0.126. The van der Waals surface area contributed by atoms with Gasteiger partial charge in [-0.1, -0.05) is 17.7 Å². The van der Waals surface area contributed by atoms with E-state index in [9.17, 15) is 9.59 Å². The van der Waals surface area contributed by atoms with Crippen LogP contribution in [0.5, 0.6) is 0 Å². The van der Waals surface area contributed by atoms with Crippen LogP contribution in [0.25, 0.3) is 0 Å². The van der Waals surface area contributed by atoms with Gasteiger partial charge >= 0.3 is 0 Å². The number of hydrogen-bond donors (Lipinski definition) is 2. The Balaban J connectivity index is 0.00000242. The summed E-state index contributed by atoms with van der Waals surface area (Å²) in [5, 5.41) is 2.81. The van der Waals surface area contributed by atoms with Gasteiger partial charge in [-0.05, 0) is 31.9 Å². The number of halogens is 1. The Morgan fingerprint density at radius 3 is 2.86 bits per heavy atom. The second-order valence-electron chi connectivity index (χ2n) is 5.54. The quantitative estimate of drug-likeness (QED) is 0.877. The molecule has 0 radical (unpaired) electrons. The third kappa shape index (κ3) is 4.71. The van der Waals surface area contributed by atoms with Crippen LogP contribution in [0.2, 0.25) is 0 Å². The highest BCUT2D eigenvalue weighted by Gasteiger charge is 2.28. The monoisotopic (exact) mass is 325 g/mol. The summed E-state index contributed by atoms with van der Waals surface area (Å²) < 4.78 is 0. The predicted molar refractivity (Wildman–Crippen MR) is 89.1 cm³/mol. The number of hydrogen-bond acceptors (Lipinski definition) is 3. The number of carbonyl (C=O) groups excluding carboxylic acids is 2. The summed E-state index contributed by atoms with van der Waals surface area (Å²) in [4.78, 5) is 26.3. The predicted octanol–water partition coefficient (Wildman–Crippen LogP) is 1.34. The zero-order valence-electron chi connectivity index (χ0n) is 12.9. The summed E-state index contributed by atoms with van der Waals surface area (Å²) in [7, 11) is 0. The number of aryl methyl sites for hydroxylation is 1. The zero-order chi connectivity index (χ0) is 15.2. The highest BCUT2D eigenvalue weighted by atomic mass is 35.5. The van der Waals surface area contributed by atoms with Crippen molar-refractivity contribution >= 4 is 24.2 Å². The number of nitrogens with two attached hydrogens (primary N) is 1. The molecule has 1 aromatic rings. The molecule has 0 bridgehead atoms. The van der Waals surface area contributed by atoms with E-state index < -0.39 is 0 Å². The summed E-state index contributed by atoms with van der Waals surface area (Å²) in [6.45, 7) is 4.10. The van der Waals surface area contributed by atoms with Crippen LogP contribution in [0.4, 0.5) is 0 Å². The molecule has 2 amide bonds. The third-order valence-corrected chi connectivity index (χ3v) is 3.79. The number of likely N-dealkylation sites (tertiary alicyclic amines) is 1. The molecule has 22 heavy (non-hydrogen) atoms. The molecule has 0 saturated carbocycles. The normalized spacial score (nSPS) is 17.5. The Morgan fingerprint density at radius 2 is 2.18 bits per heavy atom. The third-order valence-electron chi connectivity index (χ3n) is 3.79. The van der Waals surface area contributed by atoms with Crippen molar-refractivity contribution in [3.05, 3.63) is 35.4 Å². The lowest BCUT2D eigenvalue weighted by Crippen LogP contribution is -2.46. The minimum Gasteiger partial charge on any atom is -0.355 e. The Morgan fingerprint density at radius 1 is 1.41 bits per heavy atom. The highest BCUT2D eigenvalue weighted by Crippen LogP contribution is 2.19. The van der Waals surface area contributed by atoms with Crippen molar-refractivity contribution in [2.24, 2.45) is 11.7 Å². The molecule has 5 nitrogen and oxygen atoms in total. The Bertz CT molecular complexity index is 522. The van der Waals surface area contributed by atoms with Crippen molar-refractivity contribution in [2.75, 3.05) is 26.2 Å². The molecular weight excluding hydrogens is 302 g/mol. The van der Waals surface area contributed by atoms with Crippen LogP contribution in [-0.4, -0.2) is 42.9 Å². The van der Waals surface area contributed by atoms with E-state index in [4.69, 9.17) is 5.73 Å². The van der Waals surface area contributed by atoms with Gasteiger partial charge in [0.2, 0.25) is 5.91 Å². The van der Waals surface area contributed by atoms with E-state index in [1.54, 1.807) is 4.90 Å². The van der Waals surface area contributed by atoms with Crippen molar-refractivity contribution in [3.8, 4) is 0 Å². The second kappa shape index (κ2) is 8.76. The van der Waals surface area contributed by atoms with Gasteiger partial charge in [0.1, 0.15) is 0 Å². The van der Waals surface area contributed by atoms with Gasteiger partial charge in [0, 0.05) is 31.7 Å². The first kappa shape index (κ1) is 18.5. The van der Waals surface area contributed by atoms with E-state index in [-0.39, 0.29) is 30.1 Å². The van der Waals surface area contributed by atoms with Crippen LogP contribution < -0.4 is 11.1 Å². The molecule has 1 aliphatic heterocycles. The van der Waals surface area contributed by atoms with Gasteiger partial charge < -0.3 is 16.0 Å². The van der Waals surface area contributed by atoms with Crippen LogP contribution in [0.3, 0.4) is 0 Å². The number of nitrogens with zero attached hydrogens (tertiary/aromatic N) is 1. The summed E-state index contributed by atoms with van der Waals surface area (Å²) in [6, 6.07) is 7.57. The largest absolute Gasteiger partial charge is 0.355 e. The molecule has 0 spiro atoms. The van der Waals surface area contributed by atoms with Gasteiger partial charge in [-0.15, -0.1) is 12.4 Å². The van der Waals surface area contributed by atoms with Crippen molar-refractivity contribution in [3.63, 3.8) is 0 Å². The van der Waals surface area contributed by atoms with Gasteiger partial charge in [-0.2, -0.15) is 0 Å². The Labute approximate surface area is 137 Å². The maximum atomic E-state index is 12.5. The summed E-state index contributed by atoms with van der Waals surface area (Å²) in [5.74, 6) is -0.115. The van der Waals surface area contributed by atoms with Gasteiger partial charge in [0.15, 0.2) is 0 Å². The number of piperidine rings is 1. The molecule has 1 aromatic carbocycles. The molecule has 1 atom stereocenters. The molecule has 1 unspecified atom stereocenters. The van der Waals surface area contributed by atoms with Crippen molar-refractivity contribution in [2.45, 2.75) is 19.8 Å². The topological polar surface area (TPSA) is 75.4 Å². The standard InChI is InChI=1S/C16H23N3O2.ClH/c1-12-4-2-5-13(10-12)16(21)19-9-3-6-14(11-19)15(20)18-8-7-17;/h2,4-5,10,14H,3,6-9,11,17H2,1H3,(H,18,20);1H. The lowest BCUT2D eigenvalue weighted by atomic mass is 9.96. The average Bonchev–Trinajstić information content (AvgIpc) is 2.52. The first-order valence-corrected chi connectivity index (χ1v) is 7.45. The van der Waals surface area contributed by atoms with E-state index in [0.29, 0.717) is 31.7 Å². The van der Waals surface area contributed by atoms with Gasteiger partial charge in [-0.3, -0.25) is 9.59 Å². The number of nitrogens with one attached hydrogen (secondary N) is 1. The van der Waals surface area contributed by atoms with Crippen molar-refractivity contribution in [1.29, 1.82) is 0 Å². The van der Waals surface area contributed by atoms with Crippen LogP contribution in [0, 0.1) is 12.8 Å². The van der Waals surface area contributed by atoms with Gasteiger partial charge in [0.25, 0.3) is 5.91 Å². The van der Waals surface area contributed by atoms with Crippen molar-refractivity contribution < 1.29 is 9.59 Å². The number of rotatable bonds is 4. The van der Waals surface area contributed by atoms with E-state index in [2.05, 4.69) is 5.32 Å². The van der Waals surface area contributed by atoms with E-state index in [1.807, 2.05) is 31.2 Å². The molecule has 122 valence electrons. The fourth-order valence-electron chi connectivity index (χ4n) is 2.68. The Kier molecular flexibility index (Phi) is 7.35. The molecule has 0 aromatic heterocycles. The SMILES string of the molecule is Cc1cccc(C(=O)N2CCCC(C(=O)NCCN)C2)c1.Cl. The number of carbonyl (C=O) groups is 2. The molecule has 2 rings (SSSR count).